The van der Waals surface area contributed by atoms with Crippen molar-refractivity contribution in [3.05, 3.63) is 12.1 Å². The number of terminal acetylenes is 1. The second kappa shape index (κ2) is 6.82. The zero-order valence-corrected chi connectivity index (χ0v) is 14.9. The Balaban J connectivity index is 1.95. The minimum atomic E-state index is 0.0785. The molecule has 2 aliphatic rings. The number of anilines is 2. The molecule has 0 amide bonds. The van der Waals surface area contributed by atoms with Crippen LogP contribution < -0.4 is 19.7 Å². The molecule has 5 heteroatoms. The van der Waals surface area contributed by atoms with Crippen molar-refractivity contribution in [1.29, 1.82) is 0 Å². The number of nitrogens with one attached hydrogen (secondary N) is 1. The normalized spacial score (nSPS) is 19.3. The average molecular weight is 329 g/mol. The SMILES string of the molecule is C#CCN1CC2(CCN(CC)CC2)Nc2cc(OC)c(OC)cc21. The monoisotopic (exact) mass is 329 g/mol. The highest BCUT2D eigenvalue weighted by molar-refractivity contribution is 5.78. The number of piperidine rings is 1. The van der Waals surface area contributed by atoms with Gasteiger partial charge in [-0.05, 0) is 19.4 Å². The number of ether oxygens (including phenoxy) is 2. The highest BCUT2D eigenvalue weighted by atomic mass is 16.5. The van der Waals surface area contributed by atoms with Crippen molar-refractivity contribution in [1.82, 2.24) is 4.90 Å². The van der Waals surface area contributed by atoms with E-state index in [0.717, 1.165) is 61.9 Å². The van der Waals surface area contributed by atoms with Gasteiger partial charge in [-0.1, -0.05) is 12.8 Å². The number of fused-ring (bicyclic) bond motifs is 1. The zero-order chi connectivity index (χ0) is 17.2. The molecule has 1 saturated heterocycles. The molecule has 130 valence electrons. The van der Waals surface area contributed by atoms with Gasteiger partial charge in [-0.25, -0.2) is 0 Å². The van der Waals surface area contributed by atoms with E-state index in [1.165, 1.54) is 0 Å². The van der Waals surface area contributed by atoms with Gasteiger partial charge in [0.05, 0.1) is 37.7 Å². The predicted molar refractivity (Wildman–Crippen MR) is 98.3 cm³/mol. The number of benzene rings is 1. The van der Waals surface area contributed by atoms with Crippen molar-refractivity contribution in [2.45, 2.75) is 25.3 Å². The fourth-order valence-electron chi connectivity index (χ4n) is 3.84. The predicted octanol–water partition coefficient (Wildman–Crippen LogP) is 2.42. The lowest BCUT2D eigenvalue weighted by Gasteiger charge is -2.49. The molecule has 0 unspecified atom stereocenters. The molecule has 0 saturated carbocycles. The molecule has 0 bridgehead atoms. The Kier molecular flexibility index (Phi) is 4.77. The summed E-state index contributed by atoms with van der Waals surface area (Å²) in [7, 11) is 3.33. The number of rotatable bonds is 4. The Morgan fingerprint density at radius 3 is 2.46 bits per heavy atom. The second-order valence-electron chi connectivity index (χ2n) is 6.62. The van der Waals surface area contributed by atoms with E-state index in [-0.39, 0.29) is 5.54 Å². The number of hydrogen-bond acceptors (Lipinski definition) is 5. The molecule has 1 spiro atoms. The molecule has 0 radical (unpaired) electrons. The van der Waals surface area contributed by atoms with E-state index in [9.17, 15) is 0 Å². The van der Waals surface area contributed by atoms with Crippen LogP contribution in [0.2, 0.25) is 0 Å². The highest BCUT2D eigenvalue weighted by Crippen LogP contribution is 2.44. The summed E-state index contributed by atoms with van der Waals surface area (Å²) >= 11 is 0. The number of nitrogens with zero attached hydrogens (tertiary/aromatic N) is 2. The van der Waals surface area contributed by atoms with E-state index in [1.54, 1.807) is 14.2 Å². The third-order valence-electron chi connectivity index (χ3n) is 5.28. The third-order valence-corrected chi connectivity index (χ3v) is 5.28. The molecule has 5 nitrogen and oxygen atoms in total. The average Bonchev–Trinajstić information content (AvgIpc) is 2.61. The standard InChI is InChI=1S/C19H27N3O2/c1-5-9-22-14-19(7-10-21(6-2)11-8-19)20-15-12-17(23-3)18(24-4)13-16(15)22/h1,12-13,20H,6-11,14H2,2-4H3. The lowest BCUT2D eigenvalue weighted by molar-refractivity contribution is 0.181. The highest BCUT2D eigenvalue weighted by Gasteiger charge is 2.40. The van der Waals surface area contributed by atoms with Gasteiger partial charge >= 0.3 is 0 Å². The van der Waals surface area contributed by atoms with Crippen LogP contribution in [0.1, 0.15) is 19.8 Å². The van der Waals surface area contributed by atoms with Gasteiger partial charge in [0.25, 0.3) is 0 Å². The minimum absolute atomic E-state index is 0.0785. The van der Waals surface area contributed by atoms with Crippen LogP contribution in [-0.2, 0) is 0 Å². The van der Waals surface area contributed by atoms with Gasteiger partial charge in [0.2, 0.25) is 0 Å². The van der Waals surface area contributed by atoms with Gasteiger partial charge in [0.1, 0.15) is 0 Å². The number of methoxy groups -OCH3 is 2. The molecule has 0 aromatic heterocycles. The summed E-state index contributed by atoms with van der Waals surface area (Å²) in [6.07, 6.45) is 7.87. The first kappa shape index (κ1) is 16.8. The summed E-state index contributed by atoms with van der Waals surface area (Å²) in [5.41, 5.74) is 2.25. The molecule has 24 heavy (non-hydrogen) atoms. The van der Waals surface area contributed by atoms with E-state index in [4.69, 9.17) is 15.9 Å². The summed E-state index contributed by atoms with van der Waals surface area (Å²) in [6.45, 7) is 7.11. The quantitative estimate of drug-likeness (QED) is 0.859. The summed E-state index contributed by atoms with van der Waals surface area (Å²) < 4.78 is 10.9. The molecule has 2 aliphatic heterocycles. The van der Waals surface area contributed by atoms with E-state index >= 15 is 0 Å². The molecule has 2 heterocycles. The Bertz CT molecular complexity index is 630. The van der Waals surface area contributed by atoms with Crippen LogP contribution in [0.15, 0.2) is 12.1 Å². The van der Waals surface area contributed by atoms with Crippen LogP contribution in [0.25, 0.3) is 0 Å². The van der Waals surface area contributed by atoms with Crippen LogP contribution in [0.3, 0.4) is 0 Å². The molecular weight excluding hydrogens is 302 g/mol. The Hall–Kier alpha value is -2.06. The molecule has 1 aromatic rings. The smallest absolute Gasteiger partial charge is 0.162 e. The summed E-state index contributed by atoms with van der Waals surface area (Å²) in [5.74, 6) is 4.28. The zero-order valence-electron chi connectivity index (χ0n) is 14.9. The second-order valence-corrected chi connectivity index (χ2v) is 6.62. The first-order valence-corrected chi connectivity index (χ1v) is 8.59. The van der Waals surface area contributed by atoms with Gasteiger partial charge in [-0.2, -0.15) is 0 Å². The maximum Gasteiger partial charge on any atom is 0.162 e. The Morgan fingerprint density at radius 2 is 1.88 bits per heavy atom. The summed E-state index contributed by atoms with van der Waals surface area (Å²) in [5, 5.41) is 3.80. The maximum absolute atomic E-state index is 5.63. The fourth-order valence-corrected chi connectivity index (χ4v) is 3.84. The summed E-state index contributed by atoms with van der Waals surface area (Å²) in [6, 6.07) is 4.05. The fraction of sp³-hybridized carbons (Fsp3) is 0.579. The van der Waals surface area contributed by atoms with Gasteiger partial charge in [-0.3, -0.25) is 0 Å². The topological polar surface area (TPSA) is 37.0 Å². The van der Waals surface area contributed by atoms with Crippen molar-refractivity contribution in [3.8, 4) is 23.8 Å². The van der Waals surface area contributed by atoms with Crippen LogP contribution in [0, 0.1) is 12.3 Å². The third kappa shape index (κ3) is 2.99. The molecule has 1 aromatic carbocycles. The molecule has 1 fully saturated rings. The number of likely N-dealkylation sites (tertiary alicyclic amines) is 1. The maximum atomic E-state index is 5.63. The lowest BCUT2D eigenvalue weighted by atomic mass is 9.84. The molecule has 0 atom stereocenters. The van der Waals surface area contributed by atoms with Crippen LogP contribution in [0.5, 0.6) is 11.5 Å². The molecular formula is C19H27N3O2. The van der Waals surface area contributed by atoms with Gasteiger partial charge in [-0.15, -0.1) is 6.42 Å². The van der Waals surface area contributed by atoms with Crippen molar-refractivity contribution in [2.24, 2.45) is 0 Å². The van der Waals surface area contributed by atoms with Crippen LogP contribution in [-0.4, -0.2) is 57.4 Å². The van der Waals surface area contributed by atoms with Crippen LogP contribution >= 0.6 is 0 Å². The van der Waals surface area contributed by atoms with Gasteiger partial charge in [0, 0.05) is 31.8 Å². The minimum Gasteiger partial charge on any atom is -0.493 e. The molecule has 3 rings (SSSR count). The van der Waals surface area contributed by atoms with Crippen molar-refractivity contribution in [2.75, 3.05) is 57.2 Å². The van der Waals surface area contributed by atoms with E-state index in [2.05, 4.69) is 28.0 Å². The Morgan fingerprint density at radius 1 is 1.21 bits per heavy atom. The molecule has 1 N–H and O–H groups in total. The first-order chi connectivity index (χ1) is 11.6. The van der Waals surface area contributed by atoms with Crippen molar-refractivity contribution >= 4 is 11.4 Å². The van der Waals surface area contributed by atoms with E-state index < -0.39 is 0 Å². The van der Waals surface area contributed by atoms with Gasteiger partial charge in [0.15, 0.2) is 11.5 Å². The Labute approximate surface area is 144 Å². The van der Waals surface area contributed by atoms with Crippen molar-refractivity contribution in [3.63, 3.8) is 0 Å². The largest absolute Gasteiger partial charge is 0.493 e. The first-order valence-electron chi connectivity index (χ1n) is 8.59. The van der Waals surface area contributed by atoms with E-state index in [1.807, 2.05) is 12.1 Å². The number of hydrogen-bond donors (Lipinski definition) is 1. The molecule has 0 aliphatic carbocycles. The van der Waals surface area contributed by atoms with Crippen LogP contribution in [0.4, 0.5) is 11.4 Å². The lowest BCUT2D eigenvalue weighted by Crippen LogP contribution is -2.58. The van der Waals surface area contributed by atoms with Gasteiger partial charge < -0.3 is 24.6 Å². The van der Waals surface area contributed by atoms with E-state index in [0.29, 0.717) is 6.54 Å². The van der Waals surface area contributed by atoms with Crippen molar-refractivity contribution < 1.29 is 9.47 Å². The summed E-state index contributed by atoms with van der Waals surface area (Å²) in [4.78, 5) is 4.79.